The highest BCUT2D eigenvalue weighted by atomic mass is 16.3. The Morgan fingerprint density at radius 3 is 2.64 bits per heavy atom. The Morgan fingerprint density at radius 1 is 1.05 bits per heavy atom. The summed E-state index contributed by atoms with van der Waals surface area (Å²) in [7, 11) is 0. The molecule has 1 aliphatic rings. The molecule has 0 saturated heterocycles. The molecule has 0 spiro atoms. The fourth-order valence-corrected chi connectivity index (χ4v) is 3.45. The van der Waals surface area contributed by atoms with Crippen LogP contribution >= 0.6 is 0 Å². The normalized spacial score (nSPS) is 20.2. The largest absolute Gasteiger partial charge is 0.372 e. The molecule has 2 aromatic carbocycles. The van der Waals surface area contributed by atoms with Gasteiger partial charge < -0.3 is 15.4 Å². The Labute approximate surface area is 127 Å². The number of nitrogens with one attached hydrogen (secondary N) is 2. The van der Waals surface area contributed by atoms with Gasteiger partial charge in [-0.15, -0.1) is 0 Å². The van der Waals surface area contributed by atoms with Crippen LogP contribution in [0, 0.1) is 13.8 Å². The zero-order valence-electron chi connectivity index (χ0n) is 12.4. The smallest absolute Gasteiger partial charge is 0.265 e. The van der Waals surface area contributed by atoms with Crippen molar-refractivity contribution in [2.45, 2.75) is 19.4 Å². The van der Waals surface area contributed by atoms with Gasteiger partial charge in [0.15, 0.2) is 5.60 Å². The van der Waals surface area contributed by atoms with E-state index in [1.807, 2.05) is 50.2 Å². The average Bonchev–Trinajstić information content (AvgIpc) is 2.96. The van der Waals surface area contributed by atoms with E-state index in [2.05, 4.69) is 10.3 Å². The number of para-hydroxylation sites is 2. The van der Waals surface area contributed by atoms with Gasteiger partial charge in [-0.2, -0.15) is 0 Å². The molecule has 1 amide bonds. The van der Waals surface area contributed by atoms with E-state index in [-0.39, 0.29) is 0 Å². The number of aromatic nitrogens is 1. The molecule has 3 aromatic rings. The van der Waals surface area contributed by atoms with Crippen LogP contribution in [0.5, 0.6) is 0 Å². The number of amides is 1. The van der Waals surface area contributed by atoms with E-state index in [1.165, 1.54) is 0 Å². The van der Waals surface area contributed by atoms with Crippen molar-refractivity contribution in [1.82, 2.24) is 4.98 Å². The van der Waals surface area contributed by atoms with Gasteiger partial charge in [-0.3, -0.25) is 4.79 Å². The topological polar surface area (TPSA) is 65.1 Å². The first-order valence-electron chi connectivity index (χ1n) is 7.25. The van der Waals surface area contributed by atoms with E-state index in [4.69, 9.17) is 0 Å². The molecule has 110 valence electrons. The number of carbonyl (C=O) groups excluding carboxylic acids is 1. The van der Waals surface area contributed by atoms with Gasteiger partial charge >= 0.3 is 0 Å². The third-order valence-electron chi connectivity index (χ3n) is 4.49. The number of H-pyrrole nitrogens is 1. The molecule has 4 heteroatoms. The lowest BCUT2D eigenvalue weighted by molar-refractivity contribution is -0.129. The minimum absolute atomic E-state index is 0.398. The lowest BCUT2D eigenvalue weighted by atomic mass is 9.85. The fraction of sp³-hybridized carbons (Fsp3) is 0.167. The second-order valence-electron chi connectivity index (χ2n) is 5.83. The maximum atomic E-state index is 12.6. The molecular weight excluding hydrogens is 276 g/mol. The number of carbonyl (C=O) groups is 1. The Hall–Kier alpha value is -2.59. The van der Waals surface area contributed by atoms with Crippen molar-refractivity contribution in [3.63, 3.8) is 0 Å². The summed E-state index contributed by atoms with van der Waals surface area (Å²) in [6.07, 6.45) is 0. The summed E-state index contributed by atoms with van der Waals surface area (Å²) in [5.41, 5.74) is 2.95. The number of rotatable bonds is 1. The summed E-state index contributed by atoms with van der Waals surface area (Å²) in [5.74, 6) is -0.398. The van der Waals surface area contributed by atoms with Crippen LogP contribution in [0.25, 0.3) is 10.9 Å². The summed E-state index contributed by atoms with van der Waals surface area (Å²) < 4.78 is 0. The van der Waals surface area contributed by atoms with E-state index >= 15 is 0 Å². The van der Waals surface area contributed by atoms with Crippen molar-refractivity contribution in [3.05, 3.63) is 64.8 Å². The van der Waals surface area contributed by atoms with E-state index in [0.717, 1.165) is 22.2 Å². The number of benzene rings is 2. The molecule has 2 heterocycles. The van der Waals surface area contributed by atoms with Crippen molar-refractivity contribution in [3.8, 4) is 0 Å². The summed E-state index contributed by atoms with van der Waals surface area (Å²) in [6, 6.07) is 13.3. The van der Waals surface area contributed by atoms with Crippen LogP contribution in [0.1, 0.15) is 22.4 Å². The summed E-state index contributed by atoms with van der Waals surface area (Å²) >= 11 is 0. The monoisotopic (exact) mass is 292 g/mol. The number of hydrogen-bond acceptors (Lipinski definition) is 2. The highest BCUT2D eigenvalue weighted by molar-refractivity contribution is 6.10. The number of fused-ring (bicyclic) bond motifs is 2. The minimum Gasteiger partial charge on any atom is -0.372 e. The molecule has 4 rings (SSSR count). The Kier molecular flexibility index (Phi) is 2.51. The van der Waals surface area contributed by atoms with Crippen LogP contribution in [-0.4, -0.2) is 16.0 Å². The molecule has 4 nitrogen and oxygen atoms in total. The first-order chi connectivity index (χ1) is 10.5. The molecular formula is C18H16N2O2. The predicted octanol–water partition coefficient (Wildman–Crippen LogP) is 2.97. The average molecular weight is 292 g/mol. The number of aryl methyl sites for hydroxylation is 2. The van der Waals surface area contributed by atoms with Gasteiger partial charge in [0.05, 0.1) is 5.69 Å². The van der Waals surface area contributed by atoms with Crippen LogP contribution in [-0.2, 0) is 10.4 Å². The van der Waals surface area contributed by atoms with Crippen LogP contribution < -0.4 is 5.32 Å². The Morgan fingerprint density at radius 2 is 1.82 bits per heavy atom. The Balaban J connectivity index is 2.09. The molecule has 0 fully saturated rings. The molecule has 22 heavy (non-hydrogen) atoms. The first-order valence-corrected chi connectivity index (χ1v) is 7.25. The molecule has 0 saturated carbocycles. The minimum atomic E-state index is -1.66. The second-order valence-corrected chi connectivity index (χ2v) is 5.83. The van der Waals surface area contributed by atoms with Crippen LogP contribution in [0.4, 0.5) is 5.69 Å². The number of aliphatic hydroxyl groups is 1. The maximum absolute atomic E-state index is 12.6. The number of aromatic amines is 1. The van der Waals surface area contributed by atoms with Crippen LogP contribution in [0.15, 0.2) is 42.5 Å². The SMILES string of the molecule is Cc1cccc2c1NC(=O)[C@@]2(O)c1c(C)[nH]c2ccccc12. The summed E-state index contributed by atoms with van der Waals surface area (Å²) in [4.78, 5) is 15.9. The quantitative estimate of drug-likeness (QED) is 0.645. The lowest BCUT2D eigenvalue weighted by Crippen LogP contribution is -2.35. The van der Waals surface area contributed by atoms with Crippen molar-refractivity contribution < 1.29 is 9.90 Å². The van der Waals surface area contributed by atoms with Gasteiger partial charge in [0.1, 0.15) is 0 Å². The molecule has 1 aromatic heterocycles. The molecule has 3 N–H and O–H groups in total. The predicted molar refractivity (Wildman–Crippen MR) is 85.8 cm³/mol. The molecule has 1 aliphatic heterocycles. The molecule has 0 bridgehead atoms. The van der Waals surface area contributed by atoms with Gasteiger partial charge in [0.2, 0.25) is 0 Å². The van der Waals surface area contributed by atoms with Gasteiger partial charge in [0.25, 0.3) is 5.91 Å². The highest BCUT2D eigenvalue weighted by Crippen LogP contribution is 2.45. The summed E-state index contributed by atoms with van der Waals surface area (Å²) in [5, 5.41) is 15.0. The lowest BCUT2D eigenvalue weighted by Gasteiger charge is -2.22. The van der Waals surface area contributed by atoms with Crippen LogP contribution in [0.2, 0.25) is 0 Å². The van der Waals surface area contributed by atoms with Gasteiger partial charge in [-0.1, -0.05) is 36.4 Å². The van der Waals surface area contributed by atoms with E-state index in [0.29, 0.717) is 16.8 Å². The fourth-order valence-electron chi connectivity index (χ4n) is 3.45. The molecule has 0 aliphatic carbocycles. The number of hydrogen-bond donors (Lipinski definition) is 3. The zero-order valence-corrected chi connectivity index (χ0v) is 12.4. The van der Waals surface area contributed by atoms with Crippen LogP contribution in [0.3, 0.4) is 0 Å². The van der Waals surface area contributed by atoms with Gasteiger partial charge in [0, 0.05) is 27.7 Å². The van der Waals surface area contributed by atoms with Crippen molar-refractivity contribution in [1.29, 1.82) is 0 Å². The van der Waals surface area contributed by atoms with Gasteiger partial charge in [-0.25, -0.2) is 0 Å². The van der Waals surface area contributed by atoms with Gasteiger partial charge in [-0.05, 0) is 25.5 Å². The standard InChI is InChI=1S/C18H16N2O2/c1-10-6-5-8-13-16(10)20-17(21)18(13,22)15-11(2)19-14-9-4-3-7-12(14)15/h3-9,19,22H,1-2H3,(H,20,21)/t18-/m0/s1. The zero-order chi connectivity index (χ0) is 15.5. The highest BCUT2D eigenvalue weighted by Gasteiger charge is 2.49. The summed E-state index contributed by atoms with van der Waals surface area (Å²) in [6.45, 7) is 3.81. The van der Waals surface area contributed by atoms with Crippen molar-refractivity contribution in [2.75, 3.05) is 5.32 Å². The number of anilines is 1. The maximum Gasteiger partial charge on any atom is 0.265 e. The van der Waals surface area contributed by atoms with E-state index in [9.17, 15) is 9.90 Å². The molecule has 1 atom stereocenters. The molecule has 0 radical (unpaired) electrons. The molecule has 0 unspecified atom stereocenters. The van der Waals surface area contributed by atoms with E-state index < -0.39 is 11.5 Å². The Bertz CT molecular complexity index is 926. The first kappa shape index (κ1) is 13.1. The second kappa shape index (κ2) is 4.21. The third-order valence-corrected chi connectivity index (χ3v) is 4.49. The van der Waals surface area contributed by atoms with Crippen molar-refractivity contribution >= 4 is 22.5 Å². The van der Waals surface area contributed by atoms with E-state index in [1.54, 1.807) is 6.07 Å². The van der Waals surface area contributed by atoms with Crippen molar-refractivity contribution in [2.24, 2.45) is 0 Å². The third kappa shape index (κ3) is 1.47.